The lowest BCUT2D eigenvalue weighted by molar-refractivity contribution is -0.161. The number of esters is 4. The van der Waals surface area contributed by atoms with Crippen molar-refractivity contribution in [1.82, 2.24) is 0 Å². The summed E-state index contributed by atoms with van der Waals surface area (Å²) in [6, 6.07) is 0. The molecule has 0 rings (SSSR count). The van der Waals surface area contributed by atoms with Gasteiger partial charge >= 0.3 is 39.5 Å². The molecule has 0 aliphatic heterocycles. The second kappa shape index (κ2) is 70.4. The van der Waals surface area contributed by atoms with E-state index in [1.165, 1.54) is 225 Å². The van der Waals surface area contributed by atoms with E-state index in [-0.39, 0.29) is 25.7 Å². The highest BCUT2D eigenvalue weighted by atomic mass is 31.2. The minimum Gasteiger partial charge on any atom is -0.462 e. The molecular weight excluding hydrogens is 1290 g/mol. The van der Waals surface area contributed by atoms with E-state index >= 15 is 0 Å². The van der Waals surface area contributed by atoms with Gasteiger partial charge in [-0.2, -0.15) is 0 Å². The van der Waals surface area contributed by atoms with Gasteiger partial charge in [0.1, 0.15) is 19.3 Å². The summed E-state index contributed by atoms with van der Waals surface area (Å²) in [5.74, 6) is 0.181. The van der Waals surface area contributed by atoms with Crippen molar-refractivity contribution in [2.75, 3.05) is 39.6 Å². The average molecular weight is 1450 g/mol. The lowest BCUT2D eigenvalue weighted by atomic mass is 10.0. The Hall–Kier alpha value is -1.94. The maximum Gasteiger partial charge on any atom is 0.472 e. The van der Waals surface area contributed by atoms with Crippen LogP contribution >= 0.6 is 15.6 Å². The first-order chi connectivity index (χ1) is 47.7. The van der Waals surface area contributed by atoms with Gasteiger partial charge in [0.25, 0.3) is 0 Å². The van der Waals surface area contributed by atoms with E-state index in [1.54, 1.807) is 0 Å². The summed E-state index contributed by atoms with van der Waals surface area (Å²) in [7, 11) is -9.92. The molecule has 0 aromatic rings. The van der Waals surface area contributed by atoms with Crippen molar-refractivity contribution in [3.05, 3.63) is 0 Å². The van der Waals surface area contributed by atoms with Crippen LogP contribution in [-0.4, -0.2) is 96.7 Å². The minimum atomic E-state index is -4.96. The highest BCUT2D eigenvalue weighted by molar-refractivity contribution is 7.47. The third-order valence-electron chi connectivity index (χ3n) is 18.6. The van der Waals surface area contributed by atoms with E-state index < -0.39 is 97.5 Å². The van der Waals surface area contributed by atoms with Gasteiger partial charge in [-0.1, -0.05) is 363 Å². The van der Waals surface area contributed by atoms with Crippen LogP contribution in [0.1, 0.15) is 414 Å². The van der Waals surface area contributed by atoms with Gasteiger partial charge in [-0.15, -0.1) is 0 Å². The van der Waals surface area contributed by atoms with E-state index in [0.29, 0.717) is 25.7 Å². The van der Waals surface area contributed by atoms with Gasteiger partial charge in [-0.3, -0.25) is 37.3 Å². The molecule has 0 aromatic heterocycles. The number of hydrogen-bond acceptors (Lipinski definition) is 15. The average Bonchev–Trinajstić information content (AvgIpc) is 1.16. The predicted molar refractivity (Wildman–Crippen MR) is 405 cm³/mol. The minimum absolute atomic E-state index is 0.106. The lowest BCUT2D eigenvalue weighted by Gasteiger charge is -2.21. The molecule has 19 heteroatoms. The number of aliphatic hydroxyl groups is 1. The summed E-state index contributed by atoms with van der Waals surface area (Å²) in [5.41, 5.74) is 0. The lowest BCUT2D eigenvalue weighted by Crippen LogP contribution is -2.30. The van der Waals surface area contributed by atoms with Crippen LogP contribution in [0.15, 0.2) is 0 Å². The van der Waals surface area contributed by atoms with Crippen molar-refractivity contribution >= 4 is 39.5 Å². The summed E-state index contributed by atoms with van der Waals surface area (Å²) in [6.07, 6.45) is 58.2. The molecule has 5 atom stereocenters. The number of ether oxygens (including phenoxy) is 4. The molecule has 2 unspecified atom stereocenters. The first kappa shape index (κ1) is 97.1. The van der Waals surface area contributed by atoms with Gasteiger partial charge in [-0.25, -0.2) is 9.13 Å². The molecule has 0 amide bonds. The quantitative estimate of drug-likeness (QED) is 0.0222. The van der Waals surface area contributed by atoms with E-state index in [1.807, 2.05) is 0 Å². The van der Waals surface area contributed by atoms with Gasteiger partial charge in [0.15, 0.2) is 12.2 Å². The molecule has 0 spiro atoms. The zero-order chi connectivity index (χ0) is 73.0. The molecule has 0 bridgehead atoms. The number of unbranched alkanes of at least 4 members (excludes halogenated alkanes) is 46. The number of carbonyl (C=O) groups excluding carboxylic acids is 4. The van der Waals surface area contributed by atoms with Crippen molar-refractivity contribution in [2.24, 2.45) is 17.8 Å². The molecule has 0 aliphatic carbocycles. The van der Waals surface area contributed by atoms with Crippen molar-refractivity contribution < 1.29 is 80.2 Å². The molecule has 17 nitrogen and oxygen atoms in total. The zero-order valence-electron chi connectivity index (χ0n) is 65.0. The van der Waals surface area contributed by atoms with Crippen LogP contribution in [0.3, 0.4) is 0 Å². The molecule has 99 heavy (non-hydrogen) atoms. The van der Waals surface area contributed by atoms with Gasteiger partial charge in [0.05, 0.1) is 26.4 Å². The van der Waals surface area contributed by atoms with E-state index in [0.717, 1.165) is 108 Å². The Balaban J connectivity index is 5.26. The number of carbonyl (C=O) groups is 4. The van der Waals surface area contributed by atoms with Crippen LogP contribution < -0.4 is 0 Å². The number of phosphoric acid groups is 2. The summed E-state index contributed by atoms with van der Waals surface area (Å²) < 4.78 is 68.7. The molecule has 0 aliphatic rings. The van der Waals surface area contributed by atoms with Crippen LogP contribution in [0, 0.1) is 17.8 Å². The fraction of sp³-hybridized carbons (Fsp3) is 0.950. The number of hydrogen-bond donors (Lipinski definition) is 3. The summed E-state index contributed by atoms with van der Waals surface area (Å²) in [6.45, 7) is 11.9. The Labute approximate surface area is 607 Å². The monoisotopic (exact) mass is 1450 g/mol. The van der Waals surface area contributed by atoms with E-state index in [4.69, 9.17) is 37.0 Å². The number of aliphatic hydroxyl groups excluding tert-OH is 1. The SMILES string of the molecule is CCCCCCCCCCCCCCCCCCCCC(=O)O[C@H](COC(=O)CCCCCCCCCCCCCCC(C)C)COP(=O)(O)OC[C@@H](O)COP(=O)(O)OC[C@@H](COC(=O)CCCCCCCCCCCCC(C)C)OC(=O)CCCCCCCCCCCCC(C)C. The van der Waals surface area contributed by atoms with Gasteiger partial charge in [0, 0.05) is 25.7 Å². The fourth-order valence-corrected chi connectivity index (χ4v) is 13.9. The first-order valence-electron chi connectivity index (χ1n) is 41.3. The second-order valence-electron chi connectivity index (χ2n) is 30.2. The third kappa shape index (κ3) is 74.1. The Morgan fingerprint density at radius 1 is 0.273 bits per heavy atom. The molecule has 0 heterocycles. The van der Waals surface area contributed by atoms with E-state index in [2.05, 4.69) is 48.5 Å². The van der Waals surface area contributed by atoms with Gasteiger partial charge in [0.2, 0.25) is 0 Å². The Morgan fingerprint density at radius 2 is 0.465 bits per heavy atom. The van der Waals surface area contributed by atoms with Crippen molar-refractivity contribution in [2.45, 2.75) is 433 Å². The number of rotatable bonds is 78. The molecular formula is C80H156O17P2. The third-order valence-corrected chi connectivity index (χ3v) is 20.5. The zero-order valence-corrected chi connectivity index (χ0v) is 66.8. The molecule has 3 N–H and O–H groups in total. The smallest absolute Gasteiger partial charge is 0.462 e. The van der Waals surface area contributed by atoms with Gasteiger partial charge < -0.3 is 33.8 Å². The second-order valence-corrected chi connectivity index (χ2v) is 33.1. The van der Waals surface area contributed by atoms with Crippen LogP contribution in [0.2, 0.25) is 0 Å². The van der Waals surface area contributed by atoms with Crippen LogP contribution in [0.25, 0.3) is 0 Å². The van der Waals surface area contributed by atoms with Crippen LogP contribution in [0.4, 0.5) is 0 Å². The molecule has 0 saturated heterocycles. The summed E-state index contributed by atoms with van der Waals surface area (Å²) in [5, 5.41) is 10.6. The van der Waals surface area contributed by atoms with Gasteiger partial charge in [-0.05, 0) is 43.4 Å². The summed E-state index contributed by atoms with van der Waals surface area (Å²) >= 11 is 0. The standard InChI is InChI=1S/C80H156O17P2/c1-8-9-10-11-12-13-14-15-16-17-18-19-20-25-35-42-49-56-63-79(84)96-75(67-90-77(82)61-54-47-40-33-24-22-21-23-30-37-44-51-58-71(2)3)69-94-98(86,87)92-65-74(81)66-93-99(88,89)95-70-76(97-80(85)64-57-50-43-36-29-27-32-39-46-53-60-73(6)7)68-91-78(83)62-55-48-41-34-28-26-31-38-45-52-59-72(4)5/h71-76,81H,8-70H2,1-7H3,(H,86,87)(H,88,89)/t74-,75-,76-/m1/s1. The molecule has 0 aromatic carbocycles. The molecule has 0 fully saturated rings. The largest absolute Gasteiger partial charge is 0.472 e. The molecule has 588 valence electrons. The van der Waals surface area contributed by atoms with Crippen molar-refractivity contribution in [3.8, 4) is 0 Å². The van der Waals surface area contributed by atoms with Crippen molar-refractivity contribution in [1.29, 1.82) is 0 Å². The first-order valence-corrected chi connectivity index (χ1v) is 44.3. The molecule has 0 radical (unpaired) electrons. The maximum atomic E-state index is 13.1. The van der Waals surface area contributed by atoms with Crippen molar-refractivity contribution in [3.63, 3.8) is 0 Å². The van der Waals surface area contributed by atoms with Crippen LogP contribution in [-0.2, 0) is 65.4 Å². The highest BCUT2D eigenvalue weighted by Crippen LogP contribution is 2.45. The Morgan fingerprint density at radius 3 is 0.687 bits per heavy atom. The normalized spacial score (nSPS) is 14.0. The number of phosphoric ester groups is 2. The summed E-state index contributed by atoms with van der Waals surface area (Å²) in [4.78, 5) is 73.0. The molecule has 0 saturated carbocycles. The van der Waals surface area contributed by atoms with Crippen LogP contribution in [0.5, 0.6) is 0 Å². The Kier molecular flexibility index (Phi) is 69.0. The topological polar surface area (TPSA) is 237 Å². The predicted octanol–water partition coefficient (Wildman–Crippen LogP) is 23.7. The highest BCUT2D eigenvalue weighted by Gasteiger charge is 2.30. The Bertz CT molecular complexity index is 1920. The maximum absolute atomic E-state index is 13.1. The van der Waals surface area contributed by atoms with E-state index in [9.17, 15) is 43.2 Å². The fourth-order valence-electron chi connectivity index (χ4n) is 12.3.